The molecule has 0 bridgehead atoms. The topological polar surface area (TPSA) is 3.24 Å². The van der Waals surface area contributed by atoms with Gasteiger partial charge in [-0.2, -0.15) is 0 Å². The average molecular weight is 346 g/mol. The van der Waals surface area contributed by atoms with Crippen LogP contribution in [0.25, 0.3) is 0 Å². The van der Waals surface area contributed by atoms with Crippen molar-refractivity contribution >= 4 is 0 Å². The van der Waals surface area contributed by atoms with Gasteiger partial charge in [0.25, 0.3) is 0 Å². The van der Waals surface area contributed by atoms with E-state index in [0.29, 0.717) is 0 Å². The van der Waals surface area contributed by atoms with E-state index in [1.54, 1.807) is 0 Å². The van der Waals surface area contributed by atoms with Crippen molar-refractivity contribution < 1.29 is 0 Å². The van der Waals surface area contributed by atoms with Gasteiger partial charge in [0.1, 0.15) is 0 Å². The van der Waals surface area contributed by atoms with Gasteiger partial charge in [0, 0.05) is 19.6 Å². The Kier molecular flexibility index (Phi) is 6.46. The first kappa shape index (κ1) is 18.7. The molecule has 0 N–H and O–H groups in total. The van der Waals surface area contributed by atoms with Gasteiger partial charge in [-0.1, -0.05) is 71.8 Å². The number of allylic oxidation sites excluding steroid dienone is 3. The molecule has 0 spiro atoms. The van der Waals surface area contributed by atoms with Gasteiger partial charge < -0.3 is 0 Å². The molecule has 26 heavy (non-hydrogen) atoms. The summed E-state index contributed by atoms with van der Waals surface area (Å²) >= 11 is 0. The molecule has 0 aliphatic carbocycles. The summed E-state index contributed by atoms with van der Waals surface area (Å²) in [6.45, 7) is 9.70. The first-order valence-electron chi connectivity index (χ1n) is 9.76. The van der Waals surface area contributed by atoms with E-state index in [9.17, 15) is 0 Å². The normalized spacial score (nSPS) is 14.8. The smallest absolute Gasteiger partial charge is 0.0243 e. The minimum absolute atomic E-state index is 1.02. The predicted octanol–water partition coefficient (Wildman–Crippen LogP) is 6.29. The van der Waals surface area contributed by atoms with Crippen LogP contribution < -0.4 is 0 Å². The number of nitrogens with zero attached hydrogens (tertiary/aromatic N) is 1. The summed E-state index contributed by atoms with van der Waals surface area (Å²) < 4.78 is 0. The second kappa shape index (κ2) is 9.00. The van der Waals surface area contributed by atoms with E-state index >= 15 is 0 Å². The molecule has 0 amide bonds. The third-order valence-corrected chi connectivity index (χ3v) is 5.19. The van der Waals surface area contributed by atoms with Gasteiger partial charge in [-0.05, 0) is 62.3 Å². The molecule has 3 rings (SSSR count). The highest BCUT2D eigenvalue weighted by atomic mass is 15.1. The SMILES string of the molecule is CC(C)=CCC/C(C)=C/CN1Cc2ccccc2Cc2ccccc2C1. The third kappa shape index (κ3) is 5.19. The maximum Gasteiger partial charge on any atom is 0.0243 e. The zero-order chi connectivity index (χ0) is 18.4. The van der Waals surface area contributed by atoms with Crippen LogP contribution >= 0.6 is 0 Å². The van der Waals surface area contributed by atoms with Crippen LogP contribution in [0.5, 0.6) is 0 Å². The fourth-order valence-electron chi connectivity index (χ4n) is 3.62. The molecule has 0 saturated heterocycles. The van der Waals surface area contributed by atoms with E-state index in [1.807, 2.05) is 0 Å². The molecule has 1 aliphatic rings. The Hall–Kier alpha value is -2.12. The summed E-state index contributed by atoms with van der Waals surface area (Å²) in [6, 6.07) is 17.8. The first-order chi connectivity index (χ1) is 12.6. The van der Waals surface area contributed by atoms with Gasteiger partial charge in [-0.15, -0.1) is 0 Å². The molecule has 0 fully saturated rings. The molecule has 2 aromatic rings. The highest BCUT2D eigenvalue weighted by molar-refractivity contribution is 5.38. The zero-order valence-electron chi connectivity index (χ0n) is 16.5. The number of hydrogen-bond acceptors (Lipinski definition) is 1. The summed E-state index contributed by atoms with van der Waals surface area (Å²) in [5, 5.41) is 0. The van der Waals surface area contributed by atoms with Crippen LogP contribution in [0.1, 0.15) is 55.9 Å². The van der Waals surface area contributed by atoms with Crippen molar-refractivity contribution in [3.05, 3.63) is 94.1 Å². The van der Waals surface area contributed by atoms with Crippen LogP contribution in [0.15, 0.2) is 71.8 Å². The van der Waals surface area contributed by atoms with E-state index < -0.39 is 0 Å². The molecule has 0 saturated carbocycles. The number of fused-ring (bicyclic) bond motifs is 2. The van der Waals surface area contributed by atoms with Crippen molar-refractivity contribution in [1.82, 2.24) is 4.90 Å². The molecular formula is C25H31N. The lowest BCUT2D eigenvalue weighted by Gasteiger charge is -2.27. The summed E-state index contributed by atoms with van der Waals surface area (Å²) in [6.07, 6.45) is 8.12. The van der Waals surface area contributed by atoms with E-state index in [-0.39, 0.29) is 0 Å². The van der Waals surface area contributed by atoms with Gasteiger partial charge in [0.15, 0.2) is 0 Å². The molecule has 1 heteroatoms. The standard InChI is InChI=1S/C25H31N/c1-20(2)9-8-10-21(3)15-16-26-18-24-13-6-4-11-22(24)17-23-12-5-7-14-25(23)19-26/h4-7,9,11-15H,8,10,16-19H2,1-3H3/b21-15+. The van der Waals surface area contributed by atoms with Gasteiger partial charge in [0.05, 0.1) is 0 Å². The first-order valence-corrected chi connectivity index (χ1v) is 9.76. The van der Waals surface area contributed by atoms with Gasteiger partial charge in [-0.25, -0.2) is 0 Å². The summed E-state index contributed by atoms with van der Waals surface area (Å²) in [4.78, 5) is 2.57. The fraction of sp³-hybridized carbons (Fsp3) is 0.360. The highest BCUT2D eigenvalue weighted by Gasteiger charge is 2.15. The Labute approximate surface area is 159 Å². The minimum Gasteiger partial charge on any atom is -0.291 e. The van der Waals surface area contributed by atoms with E-state index in [2.05, 4.69) is 86.4 Å². The monoisotopic (exact) mass is 345 g/mol. The predicted molar refractivity (Wildman–Crippen MR) is 112 cm³/mol. The summed E-state index contributed by atoms with van der Waals surface area (Å²) in [5.41, 5.74) is 8.78. The molecule has 2 aromatic carbocycles. The second-order valence-corrected chi connectivity index (χ2v) is 7.75. The van der Waals surface area contributed by atoms with Crippen molar-refractivity contribution in [2.45, 2.75) is 53.1 Å². The van der Waals surface area contributed by atoms with Gasteiger partial charge >= 0.3 is 0 Å². The molecule has 0 atom stereocenters. The van der Waals surface area contributed by atoms with Crippen molar-refractivity contribution in [1.29, 1.82) is 0 Å². The lowest BCUT2D eigenvalue weighted by atomic mass is 9.93. The zero-order valence-corrected chi connectivity index (χ0v) is 16.5. The van der Waals surface area contributed by atoms with Crippen LogP contribution in [0.3, 0.4) is 0 Å². The molecule has 136 valence electrons. The highest BCUT2D eigenvalue weighted by Crippen LogP contribution is 2.24. The third-order valence-electron chi connectivity index (χ3n) is 5.19. The van der Waals surface area contributed by atoms with E-state index in [1.165, 1.54) is 33.4 Å². The largest absolute Gasteiger partial charge is 0.291 e. The lowest BCUT2D eigenvalue weighted by Crippen LogP contribution is -2.26. The molecule has 1 nitrogen and oxygen atoms in total. The second-order valence-electron chi connectivity index (χ2n) is 7.75. The molecule has 0 radical (unpaired) electrons. The summed E-state index contributed by atoms with van der Waals surface area (Å²) in [5.74, 6) is 0. The maximum atomic E-state index is 2.57. The number of benzene rings is 2. The summed E-state index contributed by atoms with van der Waals surface area (Å²) in [7, 11) is 0. The Morgan fingerprint density at radius 2 is 1.35 bits per heavy atom. The molecular weight excluding hydrogens is 314 g/mol. The van der Waals surface area contributed by atoms with E-state index in [4.69, 9.17) is 0 Å². The van der Waals surface area contributed by atoms with Crippen LogP contribution in [-0.4, -0.2) is 11.4 Å². The Morgan fingerprint density at radius 1 is 0.808 bits per heavy atom. The molecule has 1 aliphatic heterocycles. The molecule has 0 aromatic heterocycles. The van der Waals surface area contributed by atoms with Crippen LogP contribution in [0, 0.1) is 0 Å². The Bertz CT molecular complexity index is 746. The van der Waals surface area contributed by atoms with Crippen molar-refractivity contribution in [3.8, 4) is 0 Å². The quantitative estimate of drug-likeness (QED) is 0.576. The van der Waals surface area contributed by atoms with E-state index in [0.717, 1.165) is 38.9 Å². The van der Waals surface area contributed by atoms with Gasteiger partial charge in [0.2, 0.25) is 0 Å². The molecule has 0 unspecified atom stereocenters. The lowest BCUT2D eigenvalue weighted by molar-refractivity contribution is 0.281. The average Bonchev–Trinajstić information content (AvgIpc) is 2.60. The number of rotatable bonds is 5. The van der Waals surface area contributed by atoms with Crippen LogP contribution in [0.4, 0.5) is 0 Å². The number of hydrogen-bond donors (Lipinski definition) is 0. The van der Waals surface area contributed by atoms with Crippen molar-refractivity contribution in [3.63, 3.8) is 0 Å². The Morgan fingerprint density at radius 3 is 1.88 bits per heavy atom. The van der Waals surface area contributed by atoms with Crippen molar-refractivity contribution in [2.75, 3.05) is 6.54 Å². The minimum atomic E-state index is 1.02. The van der Waals surface area contributed by atoms with Crippen LogP contribution in [0.2, 0.25) is 0 Å². The Balaban J connectivity index is 1.76. The van der Waals surface area contributed by atoms with Crippen LogP contribution in [-0.2, 0) is 19.5 Å². The van der Waals surface area contributed by atoms with Crippen molar-refractivity contribution in [2.24, 2.45) is 0 Å². The maximum absolute atomic E-state index is 2.57. The van der Waals surface area contributed by atoms with Gasteiger partial charge in [-0.3, -0.25) is 4.90 Å². The molecule has 1 heterocycles. The fourth-order valence-corrected chi connectivity index (χ4v) is 3.62.